The van der Waals surface area contributed by atoms with E-state index >= 15 is 0 Å². The highest BCUT2D eigenvalue weighted by Gasteiger charge is 2.38. The molecule has 0 aliphatic carbocycles. The molecule has 1 aliphatic heterocycles. The summed E-state index contributed by atoms with van der Waals surface area (Å²) in [6, 6.07) is 12.7. The fraction of sp³-hybridized carbons (Fsp3) is 0.200. The van der Waals surface area contributed by atoms with E-state index < -0.39 is 11.7 Å². The molecule has 0 saturated carbocycles. The molecule has 5 nitrogen and oxygen atoms in total. The van der Waals surface area contributed by atoms with Crippen LogP contribution in [0.2, 0.25) is 0 Å². The molecule has 6 heteroatoms. The molecule has 3 rings (SSSR count). The Labute approximate surface area is 151 Å². The number of nitrogens with one attached hydrogen (secondary N) is 1. The van der Waals surface area contributed by atoms with Crippen LogP contribution in [0, 0.1) is 5.82 Å². The van der Waals surface area contributed by atoms with Gasteiger partial charge >= 0.3 is 0 Å². The van der Waals surface area contributed by atoms with Crippen LogP contribution in [0.15, 0.2) is 54.2 Å². The van der Waals surface area contributed by atoms with Gasteiger partial charge in [0, 0.05) is 12.2 Å². The summed E-state index contributed by atoms with van der Waals surface area (Å²) < 4.78 is 18.9. The summed E-state index contributed by atoms with van der Waals surface area (Å²) in [4.78, 5) is 26.5. The average molecular weight is 354 g/mol. The Morgan fingerprint density at radius 1 is 1.04 bits per heavy atom. The molecule has 0 aromatic heterocycles. The van der Waals surface area contributed by atoms with Crippen LogP contribution in [0.5, 0.6) is 5.75 Å². The lowest BCUT2D eigenvalue weighted by Crippen LogP contribution is -2.32. The Morgan fingerprint density at radius 3 is 2.38 bits per heavy atom. The van der Waals surface area contributed by atoms with Gasteiger partial charge in [0.2, 0.25) is 0 Å². The minimum atomic E-state index is -0.428. The molecular weight excluding hydrogens is 335 g/mol. The molecule has 1 N–H and O–H groups in total. The molecule has 0 fully saturated rings. The standard InChI is InChI=1S/C20H19FN2O3/c1-3-23-19(24)17(13-8-10-16(11-9-13)26-4-2)18(20(23)25)22-15-7-5-6-14(21)12-15/h5-12,22H,3-4H2,1-2H3. The number of imide groups is 1. The van der Waals surface area contributed by atoms with E-state index in [1.54, 1.807) is 37.3 Å². The first kappa shape index (κ1) is 17.7. The molecule has 0 unspecified atom stereocenters. The van der Waals surface area contributed by atoms with Crippen molar-refractivity contribution >= 4 is 23.1 Å². The van der Waals surface area contributed by atoms with E-state index in [2.05, 4.69) is 5.32 Å². The highest BCUT2D eigenvalue weighted by molar-refractivity contribution is 6.36. The number of halogens is 1. The van der Waals surface area contributed by atoms with Crippen molar-refractivity contribution in [3.8, 4) is 5.75 Å². The zero-order chi connectivity index (χ0) is 18.7. The summed E-state index contributed by atoms with van der Waals surface area (Å²) in [7, 11) is 0. The fourth-order valence-corrected chi connectivity index (χ4v) is 2.84. The summed E-state index contributed by atoms with van der Waals surface area (Å²) in [6.45, 7) is 4.41. The highest BCUT2D eigenvalue weighted by Crippen LogP contribution is 2.31. The number of likely N-dealkylation sites (N-methyl/N-ethyl adjacent to an activating group) is 1. The number of benzene rings is 2. The zero-order valence-corrected chi connectivity index (χ0v) is 14.6. The van der Waals surface area contributed by atoms with Crippen molar-refractivity contribution in [2.75, 3.05) is 18.5 Å². The van der Waals surface area contributed by atoms with Gasteiger partial charge in [-0.3, -0.25) is 14.5 Å². The number of hydrogen-bond donors (Lipinski definition) is 1. The molecule has 134 valence electrons. The number of amides is 2. The first-order valence-electron chi connectivity index (χ1n) is 8.41. The fourth-order valence-electron chi connectivity index (χ4n) is 2.84. The Bertz CT molecular complexity index is 875. The van der Waals surface area contributed by atoms with Gasteiger partial charge in [-0.25, -0.2) is 4.39 Å². The van der Waals surface area contributed by atoms with Crippen molar-refractivity contribution in [2.45, 2.75) is 13.8 Å². The molecule has 1 aliphatic rings. The van der Waals surface area contributed by atoms with Crippen molar-refractivity contribution < 1.29 is 18.7 Å². The Balaban J connectivity index is 2.03. The van der Waals surface area contributed by atoms with Gasteiger partial charge in [-0.05, 0) is 49.7 Å². The van der Waals surface area contributed by atoms with Crippen molar-refractivity contribution in [1.82, 2.24) is 4.90 Å². The summed E-state index contributed by atoms with van der Waals surface area (Å²) in [5.41, 5.74) is 1.42. The Kier molecular flexibility index (Phi) is 5.02. The lowest BCUT2D eigenvalue weighted by atomic mass is 10.0. The third-order valence-corrected chi connectivity index (χ3v) is 4.03. The zero-order valence-electron chi connectivity index (χ0n) is 14.6. The molecule has 2 amide bonds. The smallest absolute Gasteiger partial charge is 0.278 e. The quantitative estimate of drug-likeness (QED) is 0.808. The molecule has 0 radical (unpaired) electrons. The number of carbonyl (C=O) groups is 2. The molecule has 0 spiro atoms. The molecule has 2 aromatic rings. The maximum absolute atomic E-state index is 13.5. The van der Waals surface area contributed by atoms with Crippen LogP contribution in [0.25, 0.3) is 5.57 Å². The number of anilines is 1. The summed E-state index contributed by atoms with van der Waals surface area (Å²) in [5.74, 6) is -0.547. The van der Waals surface area contributed by atoms with Gasteiger partial charge in [-0.15, -0.1) is 0 Å². The van der Waals surface area contributed by atoms with Crippen LogP contribution >= 0.6 is 0 Å². The van der Waals surface area contributed by atoms with Gasteiger partial charge in [0.05, 0.1) is 12.2 Å². The second-order valence-electron chi connectivity index (χ2n) is 5.70. The molecule has 0 saturated heterocycles. The molecule has 26 heavy (non-hydrogen) atoms. The Morgan fingerprint density at radius 2 is 1.77 bits per heavy atom. The number of hydrogen-bond acceptors (Lipinski definition) is 4. The number of ether oxygens (including phenoxy) is 1. The monoisotopic (exact) mass is 354 g/mol. The van der Waals surface area contributed by atoms with Crippen molar-refractivity contribution in [3.05, 3.63) is 65.6 Å². The number of rotatable bonds is 6. The van der Waals surface area contributed by atoms with Gasteiger partial charge in [-0.2, -0.15) is 0 Å². The predicted octanol–water partition coefficient (Wildman–Crippen LogP) is 3.44. The summed E-state index contributed by atoms with van der Waals surface area (Å²) in [5, 5.41) is 2.91. The molecule has 0 atom stereocenters. The third kappa shape index (κ3) is 3.31. The maximum atomic E-state index is 13.5. The van der Waals surface area contributed by atoms with E-state index in [-0.39, 0.29) is 23.7 Å². The minimum Gasteiger partial charge on any atom is -0.494 e. The largest absolute Gasteiger partial charge is 0.494 e. The van der Waals surface area contributed by atoms with Gasteiger partial charge < -0.3 is 10.1 Å². The second kappa shape index (κ2) is 7.39. The third-order valence-electron chi connectivity index (χ3n) is 4.03. The molecule has 1 heterocycles. The van der Waals surface area contributed by atoms with Gasteiger partial charge in [0.1, 0.15) is 17.3 Å². The SMILES string of the molecule is CCOc1ccc(C2=C(Nc3cccc(F)c3)C(=O)N(CC)C2=O)cc1. The van der Waals surface area contributed by atoms with E-state index in [1.165, 1.54) is 18.2 Å². The molecular formula is C20H19FN2O3. The lowest BCUT2D eigenvalue weighted by Gasteiger charge is -2.12. The van der Waals surface area contributed by atoms with E-state index in [0.717, 1.165) is 4.90 Å². The van der Waals surface area contributed by atoms with Crippen molar-refractivity contribution in [1.29, 1.82) is 0 Å². The predicted molar refractivity (Wildman–Crippen MR) is 96.9 cm³/mol. The first-order valence-corrected chi connectivity index (χ1v) is 8.41. The van der Waals surface area contributed by atoms with Crippen molar-refractivity contribution in [2.24, 2.45) is 0 Å². The van der Waals surface area contributed by atoms with Crippen LogP contribution < -0.4 is 10.1 Å². The second-order valence-corrected chi connectivity index (χ2v) is 5.70. The summed E-state index contributed by atoms with van der Waals surface area (Å²) in [6.07, 6.45) is 0. The van der Waals surface area contributed by atoms with Crippen LogP contribution in [-0.4, -0.2) is 29.9 Å². The normalized spacial score (nSPS) is 14.2. The molecule has 0 bridgehead atoms. The van der Waals surface area contributed by atoms with Gasteiger partial charge in [0.15, 0.2) is 0 Å². The number of nitrogens with zero attached hydrogens (tertiary/aromatic N) is 1. The maximum Gasteiger partial charge on any atom is 0.278 e. The van der Waals surface area contributed by atoms with Gasteiger partial charge in [0.25, 0.3) is 11.8 Å². The minimum absolute atomic E-state index is 0.145. The summed E-state index contributed by atoms with van der Waals surface area (Å²) >= 11 is 0. The molecule has 2 aromatic carbocycles. The van der Waals surface area contributed by atoms with Crippen molar-refractivity contribution in [3.63, 3.8) is 0 Å². The Hall–Kier alpha value is -3.15. The van der Waals surface area contributed by atoms with Crippen LogP contribution in [0.3, 0.4) is 0 Å². The van der Waals surface area contributed by atoms with Crippen LogP contribution in [0.4, 0.5) is 10.1 Å². The first-order chi connectivity index (χ1) is 12.5. The van der Waals surface area contributed by atoms with Crippen LogP contribution in [-0.2, 0) is 9.59 Å². The van der Waals surface area contributed by atoms with E-state index in [9.17, 15) is 14.0 Å². The topological polar surface area (TPSA) is 58.6 Å². The van der Waals surface area contributed by atoms with E-state index in [0.29, 0.717) is 23.6 Å². The van der Waals surface area contributed by atoms with E-state index in [4.69, 9.17) is 4.74 Å². The number of carbonyl (C=O) groups excluding carboxylic acids is 2. The average Bonchev–Trinajstić information content (AvgIpc) is 2.86. The van der Waals surface area contributed by atoms with Crippen LogP contribution in [0.1, 0.15) is 19.4 Å². The lowest BCUT2D eigenvalue weighted by molar-refractivity contribution is -0.136. The van der Waals surface area contributed by atoms with E-state index in [1.807, 2.05) is 6.92 Å². The van der Waals surface area contributed by atoms with Gasteiger partial charge in [-0.1, -0.05) is 18.2 Å². The highest BCUT2D eigenvalue weighted by atomic mass is 19.1.